The first-order valence-corrected chi connectivity index (χ1v) is 11.2. The molecule has 15 heteroatoms. The summed E-state index contributed by atoms with van der Waals surface area (Å²) in [6.07, 6.45) is -10.6. The number of carbonyl (C=O) groups excluding carboxylic acids is 1. The maximum Gasteiger partial charge on any atom is 0.449 e. The molecule has 0 fully saturated rings. The number of alkyl halides is 6. The number of halogens is 10. The van der Waals surface area contributed by atoms with Gasteiger partial charge in [-0.15, -0.1) is 12.4 Å². The van der Waals surface area contributed by atoms with Crippen LogP contribution >= 0.6 is 12.4 Å². The zero-order valence-electron chi connectivity index (χ0n) is 19.7. The van der Waals surface area contributed by atoms with Gasteiger partial charge in [0.15, 0.2) is 11.6 Å². The minimum absolute atomic E-state index is 0. The van der Waals surface area contributed by atoms with Crippen LogP contribution in [0.4, 0.5) is 39.5 Å². The van der Waals surface area contributed by atoms with Crippen molar-refractivity contribution in [3.63, 3.8) is 0 Å². The van der Waals surface area contributed by atoms with Crippen molar-refractivity contribution >= 4 is 18.3 Å². The Morgan fingerprint density at radius 1 is 0.949 bits per heavy atom. The molecule has 3 aromatic rings. The van der Waals surface area contributed by atoms with E-state index in [4.69, 9.17) is 5.73 Å². The van der Waals surface area contributed by atoms with Crippen LogP contribution in [0.2, 0.25) is 0 Å². The van der Waals surface area contributed by atoms with Crippen LogP contribution in [0.15, 0.2) is 36.4 Å². The molecule has 1 atom stereocenters. The van der Waals surface area contributed by atoms with Gasteiger partial charge in [-0.1, -0.05) is 18.2 Å². The molecule has 0 saturated carbocycles. The lowest BCUT2D eigenvalue weighted by atomic mass is 10.0. The Morgan fingerprint density at radius 3 is 2.23 bits per heavy atom. The summed E-state index contributed by atoms with van der Waals surface area (Å²) in [5.41, 5.74) is 3.06. The van der Waals surface area contributed by atoms with Crippen molar-refractivity contribution in [2.45, 2.75) is 44.3 Å². The van der Waals surface area contributed by atoms with Crippen molar-refractivity contribution in [1.29, 1.82) is 0 Å². The summed E-state index contributed by atoms with van der Waals surface area (Å²) in [6, 6.07) is 3.92. The minimum atomic E-state index is -4.97. The highest BCUT2D eigenvalue weighted by molar-refractivity contribution is 5.85. The molecule has 2 heterocycles. The second-order valence-electron chi connectivity index (χ2n) is 8.76. The fraction of sp³-hybridized carbons (Fsp3) is 0.333. The van der Waals surface area contributed by atoms with Crippen molar-refractivity contribution in [3.8, 4) is 11.3 Å². The topological polar surface area (TPSA) is 64.2 Å². The Balaban J connectivity index is 0.00000420. The number of imidazole rings is 1. The molecule has 39 heavy (non-hydrogen) atoms. The molecule has 0 bridgehead atoms. The highest BCUT2D eigenvalue weighted by Crippen LogP contribution is 2.41. The summed E-state index contributed by atoms with van der Waals surface area (Å²) in [7, 11) is 0. The third-order valence-electron chi connectivity index (χ3n) is 6.11. The first kappa shape index (κ1) is 30.3. The van der Waals surface area contributed by atoms with Gasteiger partial charge in [0.2, 0.25) is 11.7 Å². The third-order valence-corrected chi connectivity index (χ3v) is 6.11. The third kappa shape index (κ3) is 6.32. The summed E-state index contributed by atoms with van der Waals surface area (Å²) in [6.45, 7) is -1.11. The van der Waals surface area contributed by atoms with E-state index >= 15 is 0 Å². The van der Waals surface area contributed by atoms with Crippen LogP contribution in [0.25, 0.3) is 11.3 Å². The molecule has 5 nitrogen and oxygen atoms in total. The van der Waals surface area contributed by atoms with Crippen molar-refractivity contribution < 1.29 is 44.3 Å². The van der Waals surface area contributed by atoms with Gasteiger partial charge in [0.05, 0.1) is 23.5 Å². The van der Waals surface area contributed by atoms with Crippen LogP contribution in [0.5, 0.6) is 0 Å². The number of nitrogens with zero attached hydrogens (tertiary/aromatic N) is 3. The first-order valence-electron chi connectivity index (χ1n) is 11.2. The Morgan fingerprint density at radius 2 is 1.59 bits per heavy atom. The number of nitrogens with two attached hydrogens (primary N) is 1. The number of hydrogen-bond donors (Lipinski definition) is 1. The van der Waals surface area contributed by atoms with E-state index in [1.807, 2.05) is 0 Å². The van der Waals surface area contributed by atoms with E-state index in [2.05, 4.69) is 4.98 Å². The van der Waals surface area contributed by atoms with Crippen molar-refractivity contribution in [2.75, 3.05) is 6.54 Å². The predicted molar refractivity (Wildman–Crippen MR) is 123 cm³/mol. The quantitative estimate of drug-likeness (QED) is 0.307. The summed E-state index contributed by atoms with van der Waals surface area (Å²) in [5, 5.41) is 0. The highest BCUT2D eigenvalue weighted by Gasteiger charge is 2.42. The molecule has 1 aliphatic rings. The van der Waals surface area contributed by atoms with E-state index in [0.717, 1.165) is 27.7 Å². The highest BCUT2D eigenvalue weighted by atomic mass is 35.5. The standard InChI is InChI=1S/C24H19F9N4O.ClH/c25-16-10-18(27)17(26)8-12(16)7-13(34)9-20(38)36-5-6-37-19(11-36)21(35-22(37)24(31,32)33)14-3-1-2-4-15(14)23(28,29)30;/h1-4,8,10,13H,5-7,9,11,34H2;1H/t13-;/m1./s1. The van der Waals surface area contributed by atoms with E-state index in [-0.39, 0.29) is 36.6 Å². The lowest BCUT2D eigenvalue weighted by Gasteiger charge is -2.30. The van der Waals surface area contributed by atoms with Gasteiger partial charge in [0, 0.05) is 37.2 Å². The molecule has 0 radical (unpaired) electrons. The molecule has 0 aliphatic carbocycles. The molecule has 0 saturated heterocycles. The molecule has 4 rings (SSSR count). The largest absolute Gasteiger partial charge is 0.449 e. The molecule has 2 aromatic carbocycles. The molecule has 1 aliphatic heterocycles. The van der Waals surface area contributed by atoms with Gasteiger partial charge in [-0.3, -0.25) is 4.79 Å². The second-order valence-corrected chi connectivity index (χ2v) is 8.76. The van der Waals surface area contributed by atoms with E-state index in [1.165, 1.54) is 6.07 Å². The maximum atomic E-state index is 13.9. The lowest BCUT2D eigenvalue weighted by molar-refractivity contribution is -0.148. The Kier molecular flexibility index (Phi) is 8.60. The van der Waals surface area contributed by atoms with E-state index in [1.54, 1.807) is 0 Å². The molecule has 0 unspecified atom stereocenters. The average Bonchev–Trinajstić information content (AvgIpc) is 3.21. The van der Waals surface area contributed by atoms with E-state index < -0.39 is 83.9 Å². The monoisotopic (exact) mass is 586 g/mol. The second kappa shape index (κ2) is 11.1. The minimum Gasteiger partial charge on any atom is -0.335 e. The Labute approximate surface area is 221 Å². The number of amides is 1. The van der Waals surface area contributed by atoms with Crippen LogP contribution in [0, 0.1) is 17.5 Å². The van der Waals surface area contributed by atoms with Crippen LogP contribution in [0.3, 0.4) is 0 Å². The number of aromatic nitrogens is 2. The first-order chi connectivity index (χ1) is 17.7. The molecular weight excluding hydrogens is 567 g/mol. The molecular formula is C24H20ClF9N4O. The Bertz CT molecular complexity index is 1370. The molecule has 0 spiro atoms. The lowest BCUT2D eigenvalue weighted by Crippen LogP contribution is -2.42. The van der Waals surface area contributed by atoms with Crippen molar-refractivity contribution in [3.05, 3.63) is 76.5 Å². The van der Waals surface area contributed by atoms with Gasteiger partial charge in [-0.25, -0.2) is 18.2 Å². The summed E-state index contributed by atoms with van der Waals surface area (Å²) in [4.78, 5) is 17.5. The van der Waals surface area contributed by atoms with Crippen LogP contribution in [-0.2, 0) is 36.7 Å². The van der Waals surface area contributed by atoms with Gasteiger partial charge in [0.1, 0.15) is 5.82 Å². The smallest absolute Gasteiger partial charge is 0.335 e. The van der Waals surface area contributed by atoms with Crippen LogP contribution in [0.1, 0.15) is 29.1 Å². The van der Waals surface area contributed by atoms with Crippen molar-refractivity contribution in [2.24, 2.45) is 5.73 Å². The van der Waals surface area contributed by atoms with E-state index in [0.29, 0.717) is 12.1 Å². The number of rotatable bonds is 5. The van der Waals surface area contributed by atoms with Gasteiger partial charge in [-0.05, 0) is 24.1 Å². The number of hydrogen-bond acceptors (Lipinski definition) is 3. The molecule has 2 N–H and O–H groups in total. The van der Waals surface area contributed by atoms with Gasteiger partial charge in [0.25, 0.3) is 0 Å². The van der Waals surface area contributed by atoms with Gasteiger partial charge < -0.3 is 15.2 Å². The fourth-order valence-corrected chi connectivity index (χ4v) is 4.38. The molecule has 1 aromatic heterocycles. The summed E-state index contributed by atoms with van der Waals surface area (Å²) in [5.74, 6) is -5.84. The fourth-order valence-electron chi connectivity index (χ4n) is 4.38. The predicted octanol–water partition coefficient (Wildman–Crippen LogP) is 5.73. The summed E-state index contributed by atoms with van der Waals surface area (Å²) < 4.78 is 123. The van der Waals surface area contributed by atoms with Gasteiger partial charge >= 0.3 is 12.4 Å². The normalized spacial score (nSPS) is 14.6. The van der Waals surface area contributed by atoms with Gasteiger partial charge in [-0.2, -0.15) is 26.3 Å². The van der Waals surface area contributed by atoms with Crippen LogP contribution < -0.4 is 5.73 Å². The zero-order chi connectivity index (χ0) is 28.0. The van der Waals surface area contributed by atoms with Crippen molar-refractivity contribution in [1.82, 2.24) is 14.5 Å². The molecule has 1 amide bonds. The maximum absolute atomic E-state index is 13.9. The SMILES string of the molecule is Cl.N[C@@H](CC(=O)N1CCn2c(C(F)(F)F)nc(-c3ccccc3C(F)(F)F)c2C1)Cc1cc(F)c(F)cc1F. The number of fused-ring (bicyclic) bond motifs is 1. The average molecular weight is 587 g/mol. The number of carbonyl (C=O) groups is 1. The van der Waals surface area contributed by atoms with E-state index in [9.17, 15) is 44.3 Å². The zero-order valence-corrected chi connectivity index (χ0v) is 20.5. The molecule has 212 valence electrons. The number of benzene rings is 2. The Hall–Kier alpha value is -3.26. The summed E-state index contributed by atoms with van der Waals surface area (Å²) >= 11 is 0. The van der Waals surface area contributed by atoms with Crippen LogP contribution in [-0.4, -0.2) is 32.9 Å².